The van der Waals surface area contributed by atoms with Gasteiger partial charge in [0, 0.05) is 18.4 Å². The van der Waals surface area contributed by atoms with E-state index < -0.39 is 5.97 Å². The van der Waals surface area contributed by atoms with E-state index in [0.29, 0.717) is 13.0 Å². The predicted octanol–water partition coefficient (Wildman–Crippen LogP) is 1.76. The average molecular weight is 249 g/mol. The van der Waals surface area contributed by atoms with E-state index in [-0.39, 0.29) is 11.3 Å². The number of carboxylic acids is 1. The van der Waals surface area contributed by atoms with Gasteiger partial charge in [-0.05, 0) is 19.3 Å². The Kier molecular flexibility index (Phi) is 2.64. The Morgan fingerprint density at radius 1 is 1.39 bits per heavy atom. The Labute approximate surface area is 106 Å². The summed E-state index contributed by atoms with van der Waals surface area (Å²) in [5, 5.41) is 17.8. The first-order chi connectivity index (χ1) is 8.60. The second-order valence-corrected chi connectivity index (χ2v) is 5.89. The SMILES string of the molecule is CC1(c2nnc3n2CC(C(=O)O)CC3)CCCC1. The lowest BCUT2D eigenvalue weighted by molar-refractivity contribution is -0.142. The van der Waals surface area contributed by atoms with E-state index in [2.05, 4.69) is 21.7 Å². The van der Waals surface area contributed by atoms with E-state index in [1.807, 2.05) is 0 Å². The minimum absolute atomic E-state index is 0.103. The Morgan fingerprint density at radius 3 is 2.78 bits per heavy atom. The molecule has 0 saturated heterocycles. The van der Waals surface area contributed by atoms with Gasteiger partial charge in [0.15, 0.2) is 0 Å². The maximum Gasteiger partial charge on any atom is 0.308 e. The van der Waals surface area contributed by atoms with E-state index in [1.165, 1.54) is 12.8 Å². The van der Waals surface area contributed by atoms with Crippen molar-refractivity contribution in [3.8, 4) is 0 Å². The Hall–Kier alpha value is -1.39. The van der Waals surface area contributed by atoms with Crippen molar-refractivity contribution >= 4 is 5.97 Å². The van der Waals surface area contributed by atoms with Crippen LogP contribution < -0.4 is 0 Å². The normalized spacial score (nSPS) is 25.9. The summed E-state index contributed by atoms with van der Waals surface area (Å²) in [6, 6.07) is 0. The third-order valence-corrected chi connectivity index (χ3v) is 4.54. The Balaban J connectivity index is 1.94. The molecular formula is C13H19N3O2. The molecule has 1 aromatic heterocycles. The van der Waals surface area contributed by atoms with Crippen molar-refractivity contribution in [2.45, 2.75) is 57.4 Å². The van der Waals surface area contributed by atoms with Crippen molar-refractivity contribution in [3.05, 3.63) is 11.6 Å². The molecule has 98 valence electrons. The molecule has 0 bridgehead atoms. The van der Waals surface area contributed by atoms with Gasteiger partial charge in [-0.3, -0.25) is 4.79 Å². The zero-order valence-electron chi connectivity index (χ0n) is 10.7. The molecule has 1 aliphatic heterocycles. The van der Waals surface area contributed by atoms with Crippen LogP contribution in [0.25, 0.3) is 0 Å². The molecule has 2 aliphatic rings. The standard InChI is InChI=1S/C13H19N3O2/c1-13(6-2-3-7-13)12-15-14-10-5-4-9(11(17)18)8-16(10)12/h9H,2-8H2,1H3,(H,17,18). The second kappa shape index (κ2) is 4.07. The monoisotopic (exact) mass is 249 g/mol. The van der Waals surface area contributed by atoms with Crippen LogP contribution in [-0.2, 0) is 23.2 Å². The van der Waals surface area contributed by atoms with Gasteiger partial charge in [0.2, 0.25) is 0 Å². The lowest BCUT2D eigenvalue weighted by Gasteiger charge is -2.27. The number of hydrogen-bond acceptors (Lipinski definition) is 3. The number of nitrogens with zero attached hydrogens (tertiary/aromatic N) is 3. The first-order valence-electron chi connectivity index (χ1n) is 6.75. The quantitative estimate of drug-likeness (QED) is 0.867. The Bertz CT molecular complexity index is 475. The fraction of sp³-hybridized carbons (Fsp3) is 0.769. The molecule has 18 heavy (non-hydrogen) atoms. The highest BCUT2D eigenvalue weighted by Gasteiger charge is 2.38. The van der Waals surface area contributed by atoms with Gasteiger partial charge in [0.1, 0.15) is 11.6 Å². The highest BCUT2D eigenvalue weighted by molar-refractivity contribution is 5.70. The summed E-state index contributed by atoms with van der Waals surface area (Å²) in [6.07, 6.45) is 6.18. The molecule has 0 radical (unpaired) electrons. The summed E-state index contributed by atoms with van der Waals surface area (Å²) in [6.45, 7) is 2.78. The number of fused-ring (bicyclic) bond motifs is 1. The van der Waals surface area contributed by atoms with Crippen LogP contribution >= 0.6 is 0 Å². The highest BCUT2D eigenvalue weighted by Crippen LogP contribution is 2.40. The average Bonchev–Trinajstić information content (AvgIpc) is 2.94. The van der Waals surface area contributed by atoms with Crippen LogP contribution in [0.5, 0.6) is 0 Å². The van der Waals surface area contributed by atoms with Gasteiger partial charge in [-0.25, -0.2) is 0 Å². The number of carboxylic acid groups (broad SMARTS) is 1. The van der Waals surface area contributed by atoms with Gasteiger partial charge in [-0.1, -0.05) is 19.8 Å². The van der Waals surface area contributed by atoms with Crippen LogP contribution in [0.15, 0.2) is 0 Å². The van der Waals surface area contributed by atoms with Gasteiger partial charge >= 0.3 is 5.97 Å². The first kappa shape index (κ1) is 11.7. The van der Waals surface area contributed by atoms with Crippen LogP contribution in [0, 0.1) is 5.92 Å². The maximum atomic E-state index is 11.1. The zero-order valence-corrected chi connectivity index (χ0v) is 10.7. The smallest absolute Gasteiger partial charge is 0.308 e. The minimum Gasteiger partial charge on any atom is -0.481 e. The molecule has 0 spiro atoms. The van der Waals surface area contributed by atoms with E-state index in [9.17, 15) is 4.79 Å². The lowest BCUT2D eigenvalue weighted by atomic mass is 9.87. The summed E-state index contributed by atoms with van der Waals surface area (Å²) in [4.78, 5) is 11.1. The molecule has 0 aromatic carbocycles. The molecule has 1 saturated carbocycles. The van der Waals surface area contributed by atoms with Crippen LogP contribution in [-0.4, -0.2) is 25.8 Å². The summed E-state index contributed by atoms with van der Waals surface area (Å²) in [5.41, 5.74) is 0.103. The molecule has 1 N–H and O–H groups in total. The third-order valence-electron chi connectivity index (χ3n) is 4.54. The summed E-state index contributed by atoms with van der Waals surface area (Å²) >= 11 is 0. The van der Waals surface area contributed by atoms with E-state index in [4.69, 9.17) is 5.11 Å². The third kappa shape index (κ3) is 1.72. The number of hydrogen-bond donors (Lipinski definition) is 1. The van der Waals surface area contributed by atoms with Crippen LogP contribution in [0.3, 0.4) is 0 Å². The summed E-state index contributed by atoms with van der Waals surface area (Å²) < 4.78 is 2.08. The van der Waals surface area contributed by atoms with Gasteiger partial charge in [-0.15, -0.1) is 10.2 Å². The van der Waals surface area contributed by atoms with Crippen LogP contribution in [0.1, 0.15) is 50.7 Å². The molecule has 0 amide bonds. The van der Waals surface area contributed by atoms with Gasteiger partial charge in [-0.2, -0.15) is 0 Å². The van der Waals surface area contributed by atoms with E-state index >= 15 is 0 Å². The largest absolute Gasteiger partial charge is 0.481 e. The van der Waals surface area contributed by atoms with Crippen LogP contribution in [0.4, 0.5) is 0 Å². The predicted molar refractivity (Wildman–Crippen MR) is 65.3 cm³/mol. The molecule has 2 heterocycles. The molecule has 3 rings (SSSR count). The molecule has 1 atom stereocenters. The van der Waals surface area contributed by atoms with Crippen LogP contribution in [0.2, 0.25) is 0 Å². The molecule has 1 aromatic rings. The highest BCUT2D eigenvalue weighted by atomic mass is 16.4. The first-order valence-corrected chi connectivity index (χ1v) is 6.75. The van der Waals surface area contributed by atoms with Gasteiger partial charge in [0.05, 0.1) is 5.92 Å². The lowest BCUT2D eigenvalue weighted by Crippen LogP contribution is -2.31. The number of aliphatic carboxylic acids is 1. The van der Waals surface area contributed by atoms with Crippen molar-refractivity contribution in [3.63, 3.8) is 0 Å². The van der Waals surface area contributed by atoms with Gasteiger partial charge in [0.25, 0.3) is 0 Å². The number of carbonyl (C=O) groups is 1. The molecule has 5 nitrogen and oxygen atoms in total. The summed E-state index contributed by atoms with van der Waals surface area (Å²) in [7, 11) is 0. The van der Waals surface area contributed by atoms with Crippen molar-refractivity contribution in [1.82, 2.24) is 14.8 Å². The minimum atomic E-state index is -0.697. The topological polar surface area (TPSA) is 68.0 Å². The van der Waals surface area contributed by atoms with Crippen molar-refractivity contribution < 1.29 is 9.90 Å². The van der Waals surface area contributed by atoms with Gasteiger partial charge < -0.3 is 9.67 Å². The molecule has 1 unspecified atom stereocenters. The number of rotatable bonds is 2. The van der Waals surface area contributed by atoms with E-state index in [1.54, 1.807) is 0 Å². The molecule has 1 fully saturated rings. The zero-order chi connectivity index (χ0) is 12.8. The molecular weight excluding hydrogens is 230 g/mol. The van der Waals surface area contributed by atoms with Crippen molar-refractivity contribution in [2.24, 2.45) is 5.92 Å². The van der Waals surface area contributed by atoms with Crippen molar-refractivity contribution in [1.29, 1.82) is 0 Å². The number of aryl methyl sites for hydroxylation is 1. The fourth-order valence-electron chi connectivity index (χ4n) is 3.35. The second-order valence-electron chi connectivity index (χ2n) is 5.89. The van der Waals surface area contributed by atoms with Crippen molar-refractivity contribution in [2.75, 3.05) is 0 Å². The Morgan fingerprint density at radius 2 is 2.11 bits per heavy atom. The molecule has 5 heteroatoms. The number of aromatic nitrogens is 3. The summed E-state index contributed by atoms with van der Waals surface area (Å²) in [5.74, 6) is 1.01. The van der Waals surface area contributed by atoms with E-state index in [0.717, 1.165) is 30.9 Å². The fourth-order valence-corrected chi connectivity index (χ4v) is 3.35. The molecule has 1 aliphatic carbocycles. The maximum absolute atomic E-state index is 11.1.